The molecule has 168 valence electrons. The predicted octanol–water partition coefficient (Wildman–Crippen LogP) is 2.82. The zero-order valence-corrected chi connectivity index (χ0v) is 19.3. The van der Waals surface area contributed by atoms with Gasteiger partial charge in [0.25, 0.3) is 0 Å². The number of hydrogen-bond donors (Lipinski definition) is 0. The number of amides is 1. The number of hydrogen-bond acceptors (Lipinski definition) is 5. The molecule has 0 bridgehead atoms. The summed E-state index contributed by atoms with van der Waals surface area (Å²) >= 11 is 1.03. The number of carbonyl (C=O) groups is 1. The molecule has 2 aliphatic heterocycles. The van der Waals surface area contributed by atoms with Crippen molar-refractivity contribution < 1.29 is 13.2 Å². The van der Waals surface area contributed by atoms with E-state index in [0.717, 1.165) is 42.8 Å². The molecule has 0 atom stereocenters. The number of likely N-dealkylation sites (tertiary alicyclic amines) is 1. The van der Waals surface area contributed by atoms with Gasteiger partial charge in [0.15, 0.2) is 0 Å². The van der Waals surface area contributed by atoms with Crippen LogP contribution >= 0.6 is 11.3 Å². The number of sulfonamides is 1. The summed E-state index contributed by atoms with van der Waals surface area (Å²) in [5.41, 5.74) is 2.90. The van der Waals surface area contributed by atoms with Crippen molar-refractivity contribution >= 4 is 37.5 Å². The summed E-state index contributed by atoms with van der Waals surface area (Å²) in [7, 11) is -3.67. The first-order chi connectivity index (χ1) is 15.4. The SMILES string of the molecule is O=C(CCn1c(=O)sc2cc(S(=O)(=O)N3CCc4ccccc4C3)ccc21)N1CCCC1. The van der Waals surface area contributed by atoms with E-state index < -0.39 is 10.0 Å². The summed E-state index contributed by atoms with van der Waals surface area (Å²) in [6.45, 7) is 2.68. The van der Waals surface area contributed by atoms with Crippen LogP contribution in [-0.4, -0.2) is 47.7 Å². The Morgan fingerprint density at radius 3 is 2.53 bits per heavy atom. The normalized spacial score (nSPS) is 17.1. The molecule has 2 aromatic carbocycles. The van der Waals surface area contributed by atoms with E-state index in [1.807, 2.05) is 29.2 Å². The van der Waals surface area contributed by atoms with Gasteiger partial charge < -0.3 is 4.90 Å². The van der Waals surface area contributed by atoms with Crippen molar-refractivity contribution in [3.05, 3.63) is 63.3 Å². The van der Waals surface area contributed by atoms with E-state index in [2.05, 4.69) is 0 Å². The topological polar surface area (TPSA) is 79.7 Å². The Kier molecular flexibility index (Phi) is 5.65. The zero-order chi connectivity index (χ0) is 22.3. The Balaban J connectivity index is 1.38. The van der Waals surface area contributed by atoms with E-state index in [-0.39, 0.29) is 22.1 Å². The van der Waals surface area contributed by atoms with E-state index in [4.69, 9.17) is 0 Å². The van der Waals surface area contributed by atoms with Crippen LogP contribution in [0.15, 0.2) is 52.2 Å². The molecule has 32 heavy (non-hydrogen) atoms. The maximum absolute atomic E-state index is 13.3. The number of thiazole rings is 1. The van der Waals surface area contributed by atoms with Gasteiger partial charge in [-0.15, -0.1) is 0 Å². The number of nitrogens with zero attached hydrogens (tertiary/aromatic N) is 3. The molecule has 1 saturated heterocycles. The average molecular weight is 472 g/mol. The van der Waals surface area contributed by atoms with Gasteiger partial charge in [0.05, 0.1) is 15.1 Å². The average Bonchev–Trinajstić information content (AvgIpc) is 3.44. The van der Waals surface area contributed by atoms with Crippen LogP contribution < -0.4 is 4.87 Å². The highest BCUT2D eigenvalue weighted by molar-refractivity contribution is 7.89. The molecule has 2 aliphatic rings. The molecule has 3 aromatic rings. The molecule has 0 N–H and O–H groups in total. The van der Waals surface area contributed by atoms with Crippen LogP contribution in [0.5, 0.6) is 0 Å². The molecule has 0 radical (unpaired) electrons. The van der Waals surface area contributed by atoms with Crippen molar-refractivity contribution in [1.29, 1.82) is 0 Å². The van der Waals surface area contributed by atoms with Crippen molar-refractivity contribution in [2.75, 3.05) is 19.6 Å². The number of aryl methyl sites for hydroxylation is 1. The fourth-order valence-electron chi connectivity index (χ4n) is 4.58. The third-order valence-corrected chi connectivity index (χ3v) is 9.16. The van der Waals surface area contributed by atoms with Crippen molar-refractivity contribution in [2.24, 2.45) is 0 Å². The summed E-state index contributed by atoms with van der Waals surface area (Å²) in [6.07, 6.45) is 3.03. The largest absolute Gasteiger partial charge is 0.343 e. The van der Waals surface area contributed by atoms with Gasteiger partial charge in [-0.1, -0.05) is 35.6 Å². The number of rotatable bonds is 5. The molecule has 1 fully saturated rings. The molecule has 1 aromatic heterocycles. The lowest BCUT2D eigenvalue weighted by atomic mass is 10.0. The second-order valence-corrected chi connectivity index (χ2v) is 11.3. The number of carbonyl (C=O) groups excluding carboxylic acids is 1. The first-order valence-electron chi connectivity index (χ1n) is 10.9. The van der Waals surface area contributed by atoms with Crippen molar-refractivity contribution in [2.45, 2.75) is 43.7 Å². The van der Waals surface area contributed by atoms with Crippen LogP contribution in [0.1, 0.15) is 30.4 Å². The second kappa shape index (κ2) is 8.46. The summed E-state index contributed by atoms with van der Waals surface area (Å²) in [5, 5.41) is 0. The molecule has 1 amide bonds. The standard InChI is InChI=1S/C23H25N3O4S2/c27-22(24-11-3-4-12-24)10-14-26-20-8-7-19(15-21(20)31-23(26)28)32(29,30)25-13-9-17-5-1-2-6-18(17)16-25/h1-2,5-8,15H,3-4,9-14,16H2. The zero-order valence-electron chi connectivity index (χ0n) is 17.7. The van der Waals surface area contributed by atoms with Gasteiger partial charge in [-0.3, -0.25) is 14.2 Å². The molecule has 0 saturated carbocycles. The van der Waals surface area contributed by atoms with Crippen LogP contribution in [0.4, 0.5) is 0 Å². The van der Waals surface area contributed by atoms with Crippen molar-refractivity contribution in [3.63, 3.8) is 0 Å². The fourth-order valence-corrected chi connectivity index (χ4v) is 7.05. The molecular weight excluding hydrogens is 446 g/mol. The van der Waals surface area contributed by atoms with Gasteiger partial charge >= 0.3 is 4.87 Å². The smallest absolute Gasteiger partial charge is 0.308 e. The van der Waals surface area contributed by atoms with E-state index in [1.54, 1.807) is 22.8 Å². The molecular formula is C23H25N3O4S2. The minimum atomic E-state index is -3.67. The van der Waals surface area contributed by atoms with Crippen molar-refractivity contribution in [1.82, 2.24) is 13.8 Å². The first kappa shape index (κ1) is 21.4. The van der Waals surface area contributed by atoms with Crippen LogP contribution in [-0.2, 0) is 34.3 Å². The van der Waals surface area contributed by atoms with Gasteiger partial charge in [-0.25, -0.2) is 8.42 Å². The third-order valence-electron chi connectivity index (χ3n) is 6.38. The lowest BCUT2D eigenvalue weighted by Crippen LogP contribution is -2.35. The van der Waals surface area contributed by atoms with Crippen LogP contribution in [0.2, 0.25) is 0 Å². The Bertz CT molecular complexity index is 1340. The minimum absolute atomic E-state index is 0.0679. The maximum Gasteiger partial charge on any atom is 0.308 e. The lowest BCUT2D eigenvalue weighted by Gasteiger charge is -2.28. The van der Waals surface area contributed by atoms with Crippen LogP contribution in [0.25, 0.3) is 10.2 Å². The molecule has 7 nitrogen and oxygen atoms in total. The van der Waals surface area contributed by atoms with Gasteiger partial charge in [0.1, 0.15) is 0 Å². The van der Waals surface area contributed by atoms with Gasteiger partial charge in [0, 0.05) is 39.1 Å². The Morgan fingerprint density at radius 1 is 1.00 bits per heavy atom. The third kappa shape index (κ3) is 3.89. The number of aromatic nitrogens is 1. The molecule has 0 unspecified atom stereocenters. The van der Waals surface area contributed by atoms with Gasteiger partial charge in [0.2, 0.25) is 15.9 Å². The number of fused-ring (bicyclic) bond motifs is 2. The maximum atomic E-state index is 13.3. The molecule has 0 spiro atoms. The second-order valence-electron chi connectivity index (χ2n) is 8.34. The van der Waals surface area contributed by atoms with E-state index in [9.17, 15) is 18.0 Å². The Morgan fingerprint density at radius 2 is 1.75 bits per heavy atom. The van der Waals surface area contributed by atoms with E-state index in [0.29, 0.717) is 36.3 Å². The highest BCUT2D eigenvalue weighted by atomic mass is 32.2. The number of benzene rings is 2. The summed E-state index contributed by atoms with van der Waals surface area (Å²) < 4.78 is 30.3. The highest BCUT2D eigenvalue weighted by Crippen LogP contribution is 2.28. The molecule has 5 rings (SSSR count). The van der Waals surface area contributed by atoms with Crippen LogP contribution in [0, 0.1) is 0 Å². The molecule has 3 heterocycles. The van der Waals surface area contributed by atoms with E-state index in [1.165, 1.54) is 9.87 Å². The fraction of sp³-hybridized carbons (Fsp3) is 0.391. The quantitative estimate of drug-likeness (QED) is 0.573. The Labute approximate surface area is 190 Å². The lowest BCUT2D eigenvalue weighted by molar-refractivity contribution is -0.130. The monoisotopic (exact) mass is 471 g/mol. The highest BCUT2D eigenvalue weighted by Gasteiger charge is 2.29. The van der Waals surface area contributed by atoms with Gasteiger partial charge in [-0.2, -0.15) is 4.31 Å². The van der Waals surface area contributed by atoms with Crippen LogP contribution in [0.3, 0.4) is 0 Å². The molecule has 0 aliphatic carbocycles. The summed E-state index contributed by atoms with van der Waals surface area (Å²) in [6, 6.07) is 12.8. The first-order valence-corrected chi connectivity index (χ1v) is 13.2. The summed E-state index contributed by atoms with van der Waals surface area (Å²) in [4.78, 5) is 26.8. The van der Waals surface area contributed by atoms with E-state index >= 15 is 0 Å². The predicted molar refractivity (Wildman–Crippen MR) is 124 cm³/mol. The molecule has 9 heteroatoms. The van der Waals surface area contributed by atoms with Crippen molar-refractivity contribution in [3.8, 4) is 0 Å². The van der Waals surface area contributed by atoms with Gasteiger partial charge in [-0.05, 0) is 48.6 Å². The summed E-state index contributed by atoms with van der Waals surface area (Å²) in [5.74, 6) is 0.0679. The Hall–Kier alpha value is -2.49. The minimum Gasteiger partial charge on any atom is -0.343 e.